The van der Waals surface area contributed by atoms with E-state index in [-0.39, 0.29) is 5.91 Å². The molecule has 0 spiro atoms. The van der Waals surface area contributed by atoms with E-state index in [4.69, 9.17) is 12.2 Å². The first-order valence-corrected chi connectivity index (χ1v) is 9.37. The van der Waals surface area contributed by atoms with Crippen molar-refractivity contribution in [3.8, 4) is 5.69 Å². The number of amides is 1. The summed E-state index contributed by atoms with van der Waals surface area (Å²) < 4.78 is 3.97. The van der Waals surface area contributed by atoms with E-state index < -0.39 is 0 Å². The number of halogens is 1. The molecule has 0 atom stereocenters. The molecule has 1 amide bonds. The van der Waals surface area contributed by atoms with Gasteiger partial charge in [0.05, 0.1) is 4.91 Å². The molecule has 1 aromatic heterocycles. The second-order valence-corrected chi connectivity index (χ2v) is 8.33. The molecule has 1 aliphatic heterocycles. The Hall–Kier alpha value is -1.12. The molecule has 1 aromatic carbocycles. The number of hydrogen-bond acceptors (Lipinski definition) is 3. The van der Waals surface area contributed by atoms with Gasteiger partial charge in [0.2, 0.25) is 0 Å². The summed E-state index contributed by atoms with van der Waals surface area (Å²) in [6.45, 7) is 6.26. The van der Waals surface area contributed by atoms with Crippen LogP contribution < -0.4 is 5.32 Å². The molecule has 6 heteroatoms. The normalized spacial score (nSPS) is 16.3. The van der Waals surface area contributed by atoms with E-state index in [1.54, 1.807) is 0 Å². The quantitative estimate of drug-likeness (QED) is 0.413. The van der Waals surface area contributed by atoms with Crippen LogP contribution >= 0.6 is 46.6 Å². The molecule has 0 radical (unpaired) electrons. The van der Waals surface area contributed by atoms with E-state index in [9.17, 15) is 4.79 Å². The monoisotopic (exact) mass is 454 g/mol. The SMILES string of the molecule is Cc1ccc(-n2c(C)cc(/C=C3\SC(=S)NC3=O)c2C)cc1I. The molecule has 3 rings (SSSR count). The van der Waals surface area contributed by atoms with Crippen LogP contribution in [0.3, 0.4) is 0 Å². The minimum Gasteiger partial charge on any atom is -0.318 e. The van der Waals surface area contributed by atoms with E-state index in [0.717, 1.165) is 22.6 Å². The number of thiocarbonyl (C=S) groups is 1. The molecule has 3 nitrogen and oxygen atoms in total. The maximum Gasteiger partial charge on any atom is 0.263 e. The number of nitrogens with one attached hydrogen (secondary N) is 1. The summed E-state index contributed by atoms with van der Waals surface area (Å²) >= 11 is 8.71. The van der Waals surface area contributed by atoms with E-state index in [0.29, 0.717) is 9.23 Å². The zero-order chi connectivity index (χ0) is 16.7. The molecule has 0 aliphatic carbocycles. The molecule has 1 aliphatic rings. The highest BCUT2D eigenvalue weighted by atomic mass is 127. The van der Waals surface area contributed by atoms with Crippen LogP contribution in [0.5, 0.6) is 0 Å². The first-order valence-electron chi connectivity index (χ1n) is 7.07. The molecule has 23 heavy (non-hydrogen) atoms. The van der Waals surface area contributed by atoms with Crippen molar-refractivity contribution in [2.24, 2.45) is 0 Å². The Morgan fingerprint density at radius 2 is 2.00 bits per heavy atom. The van der Waals surface area contributed by atoms with Crippen molar-refractivity contribution in [2.75, 3.05) is 0 Å². The van der Waals surface area contributed by atoms with Crippen molar-refractivity contribution < 1.29 is 4.79 Å². The van der Waals surface area contributed by atoms with Gasteiger partial charge in [0.1, 0.15) is 4.32 Å². The minimum absolute atomic E-state index is 0.116. The molecule has 0 saturated carbocycles. The van der Waals surface area contributed by atoms with Gasteiger partial charge < -0.3 is 9.88 Å². The van der Waals surface area contributed by atoms with Gasteiger partial charge in [0, 0.05) is 20.6 Å². The smallest absolute Gasteiger partial charge is 0.263 e. The van der Waals surface area contributed by atoms with Crippen molar-refractivity contribution in [3.63, 3.8) is 0 Å². The fraction of sp³-hybridized carbons (Fsp3) is 0.176. The largest absolute Gasteiger partial charge is 0.318 e. The van der Waals surface area contributed by atoms with Gasteiger partial charge in [-0.2, -0.15) is 0 Å². The highest BCUT2D eigenvalue weighted by molar-refractivity contribution is 14.1. The summed E-state index contributed by atoms with van der Waals surface area (Å²) in [6.07, 6.45) is 1.91. The lowest BCUT2D eigenvalue weighted by molar-refractivity contribution is -0.115. The number of hydrogen-bond donors (Lipinski definition) is 1. The molecule has 118 valence electrons. The Morgan fingerprint density at radius 1 is 1.26 bits per heavy atom. The van der Waals surface area contributed by atoms with Gasteiger partial charge in [-0.3, -0.25) is 4.79 Å². The van der Waals surface area contributed by atoms with E-state index in [1.807, 2.05) is 6.08 Å². The zero-order valence-electron chi connectivity index (χ0n) is 12.9. The molecule has 1 fully saturated rings. The van der Waals surface area contributed by atoms with Gasteiger partial charge in [-0.25, -0.2) is 0 Å². The van der Waals surface area contributed by atoms with Crippen LogP contribution in [0.4, 0.5) is 0 Å². The average Bonchev–Trinajstić information content (AvgIpc) is 2.93. The first-order chi connectivity index (χ1) is 10.9. The minimum atomic E-state index is -0.116. The van der Waals surface area contributed by atoms with Crippen molar-refractivity contribution in [2.45, 2.75) is 20.8 Å². The molecule has 1 N–H and O–H groups in total. The Morgan fingerprint density at radius 3 is 2.61 bits per heavy atom. The average molecular weight is 454 g/mol. The number of thioether (sulfide) groups is 1. The standard InChI is InChI=1S/C17H15IN2OS2/c1-9-4-5-13(8-14(9)18)20-10(2)6-12(11(20)3)7-15-16(21)19-17(22)23-15/h4-8H,1-3H3,(H,19,21,22)/b15-7-. The van der Waals surface area contributed by atoms with Crippen LogP contribution in [0.1, 0.15) is 22.5 Å². The number of aryl methyl sites for hydroxylation is 2. The maximum absolute atomic E-state index is 11.8. The number of carbonyl (C=O) groups excluding carboxylic acids is 1. The van der Waals surface area contributed by atoms with Crippen LogP contribution in [0.25, 0.3) is 11.8 Å². The zero-order valence-corrected chi connectivity index (χ0v) is 16.7. The lowest BCUT2D eigenvalue weighted by Crippen LogP contribution is -2.17. The number of carbonyl (C=O) groups is 1. The van der Waals surface area contributed by atoms with Gasteiger partial charge in [-0.15, -0.1) is 0 Å². The van der Waals surface area contributed by atoms with Crippen LogP contribution in [0.2, 0.25) is 0 Å². The summed E-state index contributed by atoms with van der Waals surface area (Å²) in [7, 11) is 0. The van der Waals surface area contributed by atoms with Crippen LogP contribution in [0.15, 0.2) is 29.2 Å². The molecule has 0 bridgehead atoms. The Balaban J connectivity index is 2.06. The summed E-state index contributed by atoms with van der Waals surface area (Å²) in [6, 6.07) is 8.54. The maximum atomic E-state index is 11.8. The summed E-state index contributed by atoms with van der Waals surface area (Å²) in [5, 5.41) is 2.65. The summed E-state index contributed by atoms with van der Waals surface area (Å²) in [5.41, 5.74) is 5.70. The third-order valence-corrected chi connectivity index (χ3v) is 6.14. The van der Waals surface area contributed by atoms with Crippen LogP contribution in [-0.2, 0) is 4.79 Å². The fourth-order valence-electron chi connectivity index (χ4n) is 2.61. The summed E-state index contributed by atoms with van der Waals surface area (Å²) in [5.74, 6) is -0.116. The predicted octanol–water partition coefficient (Wildman–Crippen LogP) is 4.50. The molecule has 1 saturated heterocycles. The molecular weight excluding hydrogens is 439 g/mol. The van der Waals surface area contributed by atoms with Crippen LogP contribution in [-0.4, -0.2) is 14.8 Å². The van der Waals surface area contributed by atoms with Crippen molar-refractivity contribution in [1.82, 2.24) is 9.88 Å². The van der Waals surface area contributed by atoms with Gasteiger partial charge in [0.25, 0.3) is 5.91 Å². The third kappa shape index (κ3) is 3.25. The lowest BCUT2D eigenvalue weighted by atomic mass is 10.2. The first kappa shape index (κ1) is 16.7. The Labute approximate surface area is 158 Å². The molecule has 2 aromatic rings. The van der Waals surface area contributed by atoms with Crippen molar-refractivity contribution in [1.29, 1.82) is 0 Å². The third-order valence-electron chi connectivity index (χ3n) is 3.81. The molecule has 2 heterocycles. The van der Waals surface area contributed by atoms with E-state index in [1.165, 1.54) is 20.9 Å². The Bertz CT molecular complexity index is 868. The lowest BCUT2D eigenvalue weighted by Gasteiger charge is -2.11. The summed E-state index contributed by atoms with van der Waals surface area (Å²) in [4.78, 5) is 12.5. The van der Waals surface area contributed by atoms with Gasteiger partial charge >= 0.3 is 0 Å². The van der Waals surface area contributed by atoms with Crippen molar-refractivity contribution >= 4 is 62.9 Å². The second-order valence-electron chi connectivity index (χ2n) is 5.45. The second kappa shape index (κ2) is 6.41. The van der Waals surface area contributed by atoms with Crippen LogP contribution in [0, 0.1) is 24.3 Å². The van der Waals surface area contributed by atoms with Gasteiger partial charge in [0.15, 0.2) is 0 Å². The van der Waals surface area contributed by atoms with E-state index in [2.05, 4.69) is 77.5 Å². The molecular formula is C17H15IN2OS2. The van der Waals surface area contributed by atoms with Gasteiger partial charge in [-0.1, -0.05) is 30.0 Å². The highest BCUT2D eigenvalue weighted by Crippen LogP contribution is 2.29. The molecule has 0 unspecified atom stereocenters. The van der Waals surface area contributed by atoms with Gasteiger partial charge in [-0.05, 0) is 78.8 Å². The number of rotatable bonds is 2. The number of nitrogens with zero attached hydrogens (tertiary/aromatic N) is 1. The fourth-order valence-corrected chi connectivity index (χ4v) is 4.15. The topological polar surface area (TPSA) is 34.0 Å². The predicted molar refractivity (Wildman–Crippen MR) is 109 cm³/mol. The number of benzene rings is 1. The van der Waals surface area contributed by atoms with E-state index >= 15 is 0 Å². The number of aromatic nitrogens is 1. The Kier molecular flexibility index (Phi) is 4.66. The van der Waals surface area contributed by atoms with Crippen molar-refractivity contribution in [3.05, 3.63) is 55.3 Å². The highest BCUT2D eigenvalue weighted by Gasteiger charge is 2.23.